The van der Waals surface area contributed by atoms with Crippen LogP contribution in [0.2, 0.25) is 0 Å². The van der Waals surface area contributed by atoms with Gasteiger partial charge in [-0.05, 0) is 18.2 Å². The van der Waals surface area contributed by atoms with Gasteiger partial charge in [-0.3, -0.25) is 0 Å². The van der Waals surface area contributed by atoms with Gasteiger partial charge in [0, 0.05) is 15.4 Å². The minimum Gasteiger partial charge on any atom is -0.424 e. The van der Waals surface area contributed by atoms with Crippen molar-refractivity contribution in [2.45, 2.75) is 0 Å². The van der Waals surface area contributed by atoms with Crippen molar-refractivity contribution in [3.8, 4) is 11.3 Å². The number of hydrogen-bond donors (Lipinski definition) is 1. The van der Waals surface area contributed by atoms with Crippen LogP contribution in [0.5, 0.6) is 0 Å². The monoisotopic (exact) mass is 316 g/mol. The number of rotatable bonds is 1. The van der Waals surface area contributed by atoms with Gasteiger partial charge in [-0.25, -0.2) is 4.79 Å². The van der Waals surface area contributed by atoms with Gasteiger partial charge in [0.1, 0.15) is 5.69 Å². The zero-order valence-corrected chi connectivity index (χ0v) is 11.3. The lowest BCUT2D eigenvalue weighted by Crippen LogP contribution is -2.22. The van der Waals surface area contributed by atoms with E-state index >= 15 is 0 Å². The maximum atomic E-state index is 11.7. The van der Waals surface area contributed by atoms with Crippen molar-refractivity contribution >= 4 is 26.8 Å². The summed E-state index contributed by atoms with van der Waals surface area (Å²) in [6.45, 7) is 0. The molecule has 1 aromatic heterocycles. The second-order valence-electron chi connectivity index (χ2n) is 4.08. The molecule has 0 atom stereocenters. The molecule has 1 heterocycles. The van der Waals surface area contributed by atoms with Crippen molar-refractivity contribution in [3.05, 3.63) is 63.5 Å². The molecule has 2 aromatic carbocycles. The topological polar surface area (TPSA) is 55.1 Å². The second kappa shape index (κ2) is 4.51. The van der Waals surface area contributed by atoms with Gasteiger partial charge in [0.15, 0.2) is 0 Å². The molecule has 0 aliphatic carbocycles. The van der Waals surface area contributed by atoms with Crippen LogP contribution in [-0.2, 0) is 0 Å². The summed E-state index contributed by atoms with van der Waals surface area (Å²) in [6.07, 6.45) is 0. The van der Waals surface area contributed by atoms with Crippen LogP contribution < -0.4 is 5.69 Å². The molecule has 3 rings (SSSR count). The molecule has 94 valence electrons. The molecular weight excluding hydrogens is 308 g/mol. The molecule has 0 fully saturated rings. The Morgan fingerprint density at radius 3 is 2.58 bits per heavy atom. The van der Waals surface area contributed by atoms with Crippen LogP contribution >= 0.6 is 15.9 Å². The van der Waals surface area contributed by atoms with Crippen LogP contribution in [-0.4, -0.2) is 14.9 Å². The first kappa shape index (κ1) is 11.9. The number of hydrogen-bond acceptors (Lipinski definition) is 3. The zero-order chi connectivity index (χ0) is 13.4. The highest BCUT2D eigenvalue weighted by Gasteiger charge is 2.12. The Bertz CT molecular complexity index is 813. The normalized spacial score (nSPS) is 10.8. The summed E-state index contributed by atoms with van der Waals surface area (Å²) < 4.78 is 1.45. The molecule has 0 amide bonds. The molecule has 19 heavy (non-hydrogen) atoms. The summed E-state index contributed by atoms with van der Waals surface area (Å²) in [6, 6.07) is 14.6. The molecule has 0 aliphatic rings. The number of fused-ring (bicyclic) bond motifs is 1. The predicted molar refractivity (Wildman–Crippen MR) is 76.3 cm³/mol. The zero-order valence-electron chi connectivity index (χ0n) is 9.75. The van der Waals surface area contributed by atoms with Crippen molar-refractivity contribution in [2.24, 2.45) is 0 Å². The van der Waals surface area contributed by atoms with Crippen LogP contribution in [0, 0.1) is 0 Å². The smallest absolute Gasteiger partial charge is 0.381 e. The molecule has 1 N–H and O–H groups in total. The van der Waals surface area contributed by atoms with Crippen LogP contribution in [0.3, 0.4) is 0 Å². The first-order valence-corrected chi connectivity index (χ1v) is 6.43. The number of nitrogens with zero attached hydrogens (tertiary/aromatic N) is 2. The molecular formula is C14H9BrN2O2. The number of halogens is 1. The summed E-state index contributed by atoms with van der Waals surface area (Å²) in [7, 11) is 0. The standard InChI is InChI=1S/C14H9BrN2O2/c15-10-6-7-12-11(8-10)13(17(19)14(18)16-12)9-4-2-1-3-5-9/h1-8,19H. The Balaban J connectivity index is 2.48. The number of aromatic nitrogens is 2. The Labute approximate surface area is 117 Å². The van der Waals surface area contributed by atoms with Crippen LogP contribution in [0.4, 0.5) is 0 Å². The Morgan fingerprint density at radius 1 is 1.11 bits per heavy atom. The van der Waals surface area contributed by atoms with E-state index in [2.05, 4.69) is 20.9 Å². The molecule has 5 heteroatoms. The summed E-state index contributed by atoms with van der Waals surface area (Å²) >= 11 is 3.39. The summed E-state index contributed by atoms with van der Waals surface area (Å²) in [4.78, 5) is 15.5. The van der Waals surface area contributed by atoms with E-state index in [1.54, 1.807) is 6.07 Å². The minimum atomic E-state index is -0.686. The van der Waals surface area contributed by atoms with Gasteiger partial charge in [-0.1, -0.05) is 46.3 Å². The molecule has 0 bridgehead atoms. The van der Waals surface area contributed by atoms with Crippen molar-refractivity contribution in [1.29, 1.82) is 0 Å². The van der Waals surface area contributed by atoms with Gasteiger partial charge in [-0.15, -0.1) is 4.73 Å². The van der Waals surface area contributed by atoms with E-state index in [4.69, 9.17) is 0 Å². The highest BCUT2D eigenvalue weighted by molar-refractivity contribution is 9.10. The van der Waals surface area contributed by atoms with E-state index in [-0.39, 0.29) is 0 Å². The summed E-state index contributed by atoms with van der Waals surface area (Å²) in [5, 5.41) is 10.7. The third-order valence-electron chi connectivity index (χ3n) is 2.87. The first-order chi connectivity index (χ1) is 9.16. The lowest BCUT2D eigenvalue weighted by molar-refractivity contribution is 0.176. The Hall–Kier alpha value is -2.14. The fraction of sp³-hybridized carbons (Fsp3) is 0. The van der Waals surface area contributed by atoms with Gasteiger partial charge in [0.2, 0.25) is 0 Å². The Kier molecular flexibility index (Phi) is 2.83. The predicted octanol–water partition coefficient (Wildman–Crippen LogP) is 3.06. The average molecular weight is 317 g/mol. The summed E-state index contributed by atoms with van der Waals surface area (Å²) in [5.41, 5.74) is 1.07. The summed E-state index contributed by atoms with van der Waals surface area (Å²) in [5.74, 6) is 0. The molecule has 0 saturated carbocycles. The molecule has 0 aliphatic heterocycles. The van der Waals surface area contributed by atoms with E-state index < -0.39 is 5.69 Å². The highest BCUT2D eigenvalue weighted by atomic mass is 79.9. The highest BCUT2D eigenvalue weighted by Crippen LogP contribution is 2.27. The van der Waals surface area contributed by atoms with E-state index in [0.717, 1.165) is 10.0 Å². The third kappa shape index (κ3) is 2.02. The molecule has 4 nitrogen and oxygen atoms in total. The first-order valence-electron chi connectivity index (χ1n) is 5.64. The van der Waals surface area contributed by atoms with Gasteiger partial charge in [0.25, 0.3) is 0 Å². The molecule has 0 radical (unpaired) electrons. The van der Waals surface area contributed by atoms with Gasteiger partial charge < -0.3 is 5.21 Å². The number of benzene rings is 2. The molecule has 0 unspecified atom stereocenters. The van der Waals surface area contributed by atoms with Crippen LogP contribution in [0.1, 0.15) is 0 Å². The Morgan fingerprint density at radius 2 is 1.84 bits per heavy atom. The quantitative estimate of drug-likeness (QED) is 0.702. The SMILES string of the molecule is O=c1nc2ccc(Br)cc2c(-c2ccccc2)n1O. The average Bonchev–Trinajstić information content (AvgIpc) is 2.42. The van der Waals surface area contributed by atoms with E-state index in [1.807, 2.05) is 42.5 Å². The van der Waals surface area contributed by atoms with Crippen molar-refractivity contribution in [2.75, 3.05) is 0 Å². The van der Waals surface area contributed by atoms with Gasteiger partial charge in [0.05, 0.1) is 5.52 Å². The van der Waals surface area contributed by atoms with Crippen molar-refractivity contribution in [1.82, 2.24) is 9.71 Å². The fourth-order valence-corrected chi connectivity index (χ4v) is 2.39. The fourth-order valence-electron chi connectivity index (χ4n) is 2.03. The largest absolute Gasteiger partial charge is 0.424 e. The van der Waals surface area contributed by atoms with Crippen LogP contribution in [0.15, 0.2) is 57.8 Å². The maximum absolute atomic E-state index is 11.7. The van der Waals surface area contributed by atoms with Crippen molar-refractivity contribution < 1.29 is 5.21 Å². The van der Waals surface area contributed by atoms with E-state index in [1.165, 1.54) is 0 Å². The van der Waals surface area contributed by atoms with Crippen molar-refractivity contribution in [3.63, 3.8) is 0 Å². The molecule has 0 spiro atoms. The van der Waals surface area contributed by atoms with E-state index in [0.29, 0.717) is 21.3 Å². The molecule has 0 saturated heterocycles. The van der Waals surface area contributed by atoms with Gasteiger partial charge >= 0.3 is 5.69 Å². The molecule has 3 aromatic rings. The maximum Gasteiger partial charge on any atom is 0.381 e. The van der Waals surface area contributed by atoms with E-state index in [9.17, 15) is 10.0 Å². The second-order valence-corrected chi connectivity index (χ2v) is 5.00. The third-order valence-corrected chi connectivity index (χ3v) is 3.36. The van der Waals surface area contributed by atoms with Crippen LogP contribution in [0.25, 0.3) is 22.2 Å². The lowest BCUT2D eigenvalue weighted by Gasteiger charge is -2.09. The lowest BCUT2D eigenvalue weighted by atomic mass is 10.1. The van der Waals surface area contributed by atoms with Gasteiger partial charge in [-0.2, -0.15) is 4.98 Å². The minimum absolute atomic E-state index is 0.442.